The number of rotatable bonds is 5. The van der Waals surface area contributed by atoms with Gasteiger partial charge < -0.3 is 8.83 Å². The van der Waals surface area contributed by atoms with Gasteiger partial charge in [-0.25, -0.2) is 15.0 Å². The fourth-order valence-corrected chi connectivity index (χ4v) is 11.9. The van der Waals surface area contributed by atoms with Crippen LogP contribution in [0.25, 0.3) is 141 Å². The molecular formula is C57H31N3O2S2. The Balaban J connectivity index is 0.952. The van der Waals surface area contributed by atoms with Crippen LogP contribution in [0.4, 0.5) is 0 Å². The number of nitrogens with zero attached hydrogens (tertiary/aromatic N) is 3. The molecule has 14 aromatic rings. The predicted octanol–water partition coefficient (Wildman–Crippen LogP) is 16.7. The average Bonchev–Trinajstić information content (AvgIpc) is 4.13. The van der Waals surface area contributed by atoms with E-state index in [1.54, 1.807) is 0 Å². The molecule has 0 aliphatic carbocycles. The van der Waals surface area contributed by atoms with E-state index in [-0.39, 0.29) is 0 Å². The summed E-state index contributed by atoms with van der Waals surface area (Å²) in [6, 6.07) is 66.2. The summed E-state index contributed by atoms with van der Waals surface area (Å²) in [5.41, 5.74) is 10.6. The molecule has 64 heavy (non-hydrogen) atoms. The molecule has 0 saturated carbocycles. The van der Waals surface area contributed by atoms with Crippen molar-refractivity contribution < 1.29 is 8.83 Å². The third-order valence-electron chi connectivity index (χ3n) is 12.6. The fourth-order valence-electron chi connectivity index (χ4n) is 9.63. The topological polar surface area (TPSA) is 65.0 Å². The second-order valence-electron chi connectivity index (χ2n) is 16.2. The highest BCUT2D eigenvalue weighted by molar-refractivity contribution is 7.26. The number of hydrogen-bond acceptors (Lipinski definition) is 7. The Labute approximate surface area is 373 Å². The zero-order chi connectivity index (χ0) is 41.9. The molecule has 0 fully saturated rings. The quantitative estimate of drug-likeness (QED) is 0.173. The summed E-state index contributed by atoms with van der Waals surface area (Å²) >= 11 is 3.71. The first kappa shape index (κ1) is 35.6. The number of aromatic nitrogens is 3. The predicted molar refractivity (Wildman–Crippen MR) is 267 cm³/mol. The van der Waals surface area contributed by atoms with Crippen LogP contribution in [-0.4, -0.2) is 15.0 Å². The summed E-state index contributed by atoms with van der Waals surface area (Å²) in [4.78, 5) is 15.4. The van der Waals surface area contributed by atoms with E-state index in [1.807, 2.05) is 89.4 Å². The van der Waals surface area contributed by atoms with E-state index in [0.29, 0.717) is 17.5 Å². The van der Waals surface area contributed by atoms with Gasteiger partial charge in [-0.2, -0.15) is 0 Å². The van der Waals surface area contributed by atoms with Crippen molar-refractivity contribution in [3.05, 3.63) is 188 Å². The molecule has 14 rings (SSSR count). The molecule has 0 saturated heterocycles. The first-order chi connectivity index (χ1) is 31.7. The lowest BCUT2D eigenvalue weighted by molar-refractivity contribution is 0.668. The minimum absolute atomic E-state index is 0.565. The fraction of sp³-hybridized carbons (Fsp3) is 0. The van der Waals surface area contributed by atoms with Gasteiger partial charge in [-0.1, -0.05) is 127 Å². The van der Waals surface area contributed by atoms with E-state index in [1.165, 1.54) is 57.0 Å². The van der Waals surface area contributed by atoms with E-state index in [4.69, 9.17) is 23.8 Å². The molecule has 0 unspecified atom stereocenters. The second kappa shape index (κ2) is 13.8. The first-order valence-electron chi connectivity index (χ1n) is 21.2. The van der Waals surface area contributed by atoms with Gasteiger partial charge in [0, 0.05) is 78.6 Å². The van der Waals surface area contributed by atoms with Crippen molar-refractivity contribution in [2.75, 3.05) is 0 Å². The van der Waals surface area contributed by atoms with Crippen LogP contribution in [-0.2, 0) is 0 Å². The molecule has 0 radical (unpaired) electrons. The van der Waals surface area contributed by atoms with E-state index >= 15 is 0 Å². The Kier molecular flexibility index (Phi) is 7.66. The Hall–Kier alpha value is -7.97. The van der Waals surface area contributed by atoms with Gasteiger partial charge in [0.05, 0.1) is 0 Å². The Bertz CT molecular complexity index is 4220. The third-order valence-corrected chi connectivity index (χ3v) is 14.8. The Morgan fingerprint density at radius 1 is 0.281 bits per heavy atom. The van der Waals surface area contributed by atoms with E-state index < -0.39 is 0 Å². The molecule has 5 heterocycles. The van der Waals surface area contributed by atoms with Crippen molar-refractivity contribution >= 4 is 107 Å². The van der Waals surface area contributed by atoms with Gasteiger partial charge in [-0.15, -0.1) is 22.7 Å². The normalized spacial score (nSPS) is 12.1. The third kappa shape index (κ3) is 5.45. The second-order valence-corrected chi connectivity index (χ2v) is 18.4. The lowest BCUT2D eigenvalue weighted by Gasteiger charge is -2.10. The molecule has 0 spiro atoms. The molecule has 7 heteroatoms. The van der Waals surface area contributed by atoms with E-state index in [2.05, 4.69) is 121 Å². The maximum Gasteiger partial charge on any atom is 0.164 e. The summed E-state index contributed by atoms with van der Waals surface area (Å²) < 4.78 is 18.1. The Morgan fingerprint density at radius 2 is 0.828 bits per heavy atom. The number of furan rings is 2. The van der Waals surface area contributed by atoms with Crippen LogP contribution in [0.2, 0.25) is 0 Å². The van der Waals surface area contributed by atoms with Crippen molar-refractivity contribution in [2.24, 2.45) is 0 Å². The lowest BCUT2D eigenvalue weighted by atomic mass is 9.93. The number of fused-ring (bicyclic) bond motifs is 12. The standard InChI is InChI=1S/C57H31N3O2S2/c1-2-11-32(12-3-1)55-58-56(35-24-26-39-38-13-4-6-18-44(38)62-47(39)30-35)60-57(59-55)42-17-8-19-46-52(42)43-29-33(25-28-45(43)61-46)36-15-9-21-49-53(36)54-37(16-10-22-50(54)64-49)34-23-27-41-40-14-5-7-20-48(40)63-51(41)31-34/h1-31H. The molecule has 0 aliphatic heterocycles. The maximum atomic E-state index is 6.61. The molecule has 0 N–H and O–H groups in total. The lowest BCUT2D eigenvalue weighted by Crippen LogP contribution is -2.00. The number of benzene rings is 9. The van der Waals surface area contributed by atoms with Crippen molar-refractivity contribution in [2.45, 2.75) is 0 Å². The summed E-state index contributed by atoms with van der Waals surface area (Å²) in [5, 5.41) is 9.26. The van der Waals surface area contributed by atoms with Crippen LogP contribution in [0.15, 0.2) is 197 Å². The van der Waals surface area contributed by atoms with Crippen molar-refractivity contribution in [1.29, 1.82) is 0 Å². The smallest absolute Gasteiger partial charge is 0.164 e. The molecular weight excluding hydrogens is 823 g/mol. The number of para-hydroxylation sites is 1. The molecule has 5 nitrogen and oxygen atoms in total. The highest BCUT2D eigenvalue weighted by atomic mass is 32.1. The van der Waals surface area contributed by atoms with Gasteiger partial charge >= 0.3 is 0 Å². The van der Waals surface area contributed by atoms with Crippen LogP contribution in [0.5, 0.6) is 0 Å². The first-order valence-corrected chi connectivity index (χ1v) is 22.9. The average molecular weight is 854 g/mol. The van der Waals surface area contributed by atoms with Crippen LogP contribution < -0.4 is 0 Å². The zero-order valence-electron chi connectivity index (χ0n) is 33.9. The molecule has 0 atom stereocenters. The largest absolute Gasteiger partial charge is 0.456 e. The van der Waals surface area contributed by atoms with Gasteiger partial charge in [0.15, 0.2) is 17.5 Å². The van der Waals surface area contributed by atoms with E-state index in [9.17, 15) is 0 Å². The summed E-state index contributed by atoms with van der Waals surface area (Å²) in [6.07, 6.45) is 0. The highest BCUT2D eigenvalue weighted by Crippen LogP contribution is 2.47. The monoisotopic (exact) mass is 853 g/mol. The molecule has 5 aromatic heterocycles. The van der Waals surface area contributed by atoms with Crippen LogP contribution in [0, 0.1) is 0 Å². The number of hydrogen-bond donors (Lipinski definition) is 0. The molecule has 298 valence electrons. The van der Waals surface area contributed by atoms with Gasteiger partial charge in [0.2, 0.25) is 0 Å². The zero-order valence-corrected chi connectivity index (χ0v) is 35.5. The molecule has 0 amide bonds. The Morgan fingerprint density at radius 3 is 1.67 bits per heavy atom. The van der Waals surface area contributed by atoms with Crippen molar-refractivity contribution in [3.8, 4) is 56.4 Å². The highest BCUT2D eigenvalue weighted by Gasteiger charge is 2.21. The SMILES string of the molecule is c1ccc(-c2nc(-c3ccc4c(c3)oc3ccccc34)nc(-c3cccc4oc5ccc(-c6cccc7sc8cccc(-c9ccc%10c(c9)sc9ccccc9%10)c8c67)cc5c34)n2)cc1. The molecule has 0 bridgehead atoms. The van der Waals surface area contributed by atoms with E-state index in [0.717, 1.165) is 66.1 Å². The summed E-state index contributed by atoms with van der Waals surface area (Å²) in [6.45, 7) is 0. The van der Waals surface area contributed by atoms with Crippen LogP contribution in [0.1, 0.15) is 0 Å². The maximum absolute atomic E-state index is 6.61. The van der Waals surface area contributed by atoms with Gasteiger partial charge in [0.1, 0.15) is 22.3 Å². The van der Waals surface area contributed by atoms with Crippen molar-refractivity contribution in [1.82, 2.24) is 15.0 Å². The van der Waals surface area contributed by atoms with Gasteiger partial charge in [0.25, 0.3) is 0 Å². The van der Waals surface area contributed by atoms with Crippen LogP contribution in [0.3, 0.4) is 0 Å². The van der Waals surface area contributed by atoms with Gasteiger partial charge in [-0.05, 0) is 82.9 Å². The van der Waals surface area contributed by atoms with Crippen LogP contribution >= 0.6 is 22.7 Å². The molecule has 9 aromatic carbocycles. The molecule has 0 aliphatic rings. The number of thiophene rings is 2. The summed E-state index contributed by atoms with van der Waals surface area (Å²) in [5.74, 6) is 1.72. The van der Waals surface area contributed by atoms with Crippen molar-refractivity contribution in [3.63, 3.8) is 0 Å². The minimum Gasteiger partial charge on any atom is -0.456 e. The van der Waals surface area contributed by atoms with Gasteiger partial charge in [-0.3, -0.25) is 0 Å². The minimum atomic E-state index is 0.565. The summed E-state index contributed by atoms with van der Waals surface area (Å²) in [7, 11) is 0.